The normalized spacial score (nSPS) is 13.1. The van der Waals surface area contributed by atoms with Crippen LogP contribution in [0.25, 0.3) is 0 Å². The van der Waals surface area contributed by atoms with Gasteiger partial charge >= 0.3 is 11.9 Å². The summed E-state index contributed by atoms with van der Waals surface area (Å²) in [5.41, 5.74) is -1.75. The molecule has 0 aliphatic carbocycles. The molecule has 0 radical (unpaired) electrons. The number of carbonyl (C=O) groups excluding carboxylic acids is 1. The lowest BCUT2D eigenvalue weighted by Crippen LogP contribution is -2.45. The molecule has 0 aromatic heterocycles. The van der Waals surface area contributed by atoms with Crippen LogP contribution in [0.15, 0.2) is 24.3 Å². The van der Waals surface area contributed by atoms with Crippen molar-refractivity contribution in [3.05, 3.63) is 35.6 Å². The zero-order chi connectivity index (χ0) is 15.2. The predicted octanol–water partition coefficient (Wildman–Crippen LogP) is 2.12. The zero-order valence-corrected chi connectivity index (χ0v) is 11.1. The molecule has 0 saturated carbocycles. The van der Waals surface area contributed by atoms with E-state index in [1.807, 2.05) is 0 Å². The van der Waals surface area contributed by atoms with Gasteiger partial charge in [0.15, 0.2) is 5.41 Å². The highest BCUT2D eigenvalue weighted by Gasteiger charge is 2.48. The summed E-state index contributed by atoms with van der Waals surface area (Å²) in [7, 11) is 0. The lowest BCUT2D eigenvalue weighted by molar-refractivity contribution is -0.162. The maximum atomic E-state index is 13.0. The quantitative estimate of drug-likeness (QED) is 0.492. The molecule has 0 fully saturated rings. The minimum Gasteiger partial charge on any atom is -0.480 e. The number of ether oxygens (including phenoxy) is 1. The topological polar surface area (TPSA) is 63.6 Å². The molecule has 5 heteroatoms. The maximum absolute atomic E-state index is 13.0. The molecule has 20 heavy (non-hydrogen) atoms. The van der Waals surface area contributed by atoms with Gasteiger partial charge in [0.1, 0.15) is 5.82 Å². The van der Waals surface area contributed by atoms with Crippen LogP contribution in [-0.2, 0) is 19.7 Å². The van der Waals surface area contributed by atoms with E-state index in [0.29, 0.717) is 0 Å². The van der Waals surface area contributed by atoms with Gasteiger partial charge in [-0.3, -0.25) is 9.59 Å². The van der Waals surface area contributed by atoms with Crippen molar-refractivity contribution in [2.24, 2.45) is 0 Å². The maximum Gasteiger partial charge on any atom is 0.328 e. The van der Waals surface area contributed by atoms with E-state index in [9.17, 15) is 19.1 Å². The molecule has 4 nitrogen and oxygen atoms in total. The Bertz CT molecular complexity index is 530. The Hall–Kier alpha value is -2.35. The van der Waals surface area contributed by atoms with Crippen molar-refractivity contribution in [3.63, 3.8) is 0 Å². The molecule has 1 aromatic carbocycles. The molecule has 1 atom stereocenters. The van der Waals surface area contributed by atoms with E-state index in [1.165, 1.54) is 12.1 Å². The van der Waals surface area contributed by atoms with Gasteiger partial charge in [-0.2, -0.15) is 0 Å². The van der Waals surface area contributed by atoms with Gasteiger partial charge in [-0.1, -0.05) is 12.1 Å². The summed E-state index contributed by atoms with van der Waals surface area (Å²) >= 11 is 0. The molecular weight excluding hydrogens is 263 g/mol. The highest BCUT2D eigenvalue weighted by molar-refractivity contribution is 6.05. The summed E-state index contributed by atoms with van der Waals surface area (Å²) in [5, 5.41) is 9.51. The monoisotopic (exact) mass is 278 g/mol. The van der Waals surface area contributed by atoms with Crippen LogP contribution in [0.5, 0.6) is 0 Å². The third-order valence-electron chi connectivity index (χ3n) is 2.97. The lowest BCUT2D eigenvalue weighted by Gasteiger charge is -2.27. The first-order valence-corrected chi connectivity index (χ1v) is 6.09. The highest BCUT2D eigenvalue weighted by atomic mass is 19.1. The Labute approximate surface area is 116 Å². The third-order valence-corrected chi connectivity index (χ3v) is 2.97. The van der Waals surface area contributed by atoms with E-state index in [0.717, 1.165) is 12.1 Å². The number of halogens is 1. The second-order valence-corrected chi connectivity index (χ2v) is 4.14. The standard InChI is InChI=1S/C15H15FO4/c1-3-5-10-15(13(17)18,14(19)20-4-2)11-6-8-12(16)9-7-11/h1,6-9H,4-5,10H2,2H3,(H,17,18). The molecule has 0 aliphatic rings. The Morgan fingerprint density at radius 2 is 2.00 bits per heavy atom. The summed E-state index contributed by atoms with van der Waals surface area (Å²) in [6.07, 6.45) is 5.14. The van der Waals surface area contributed by atoms with Gasteiger partial charge in [-0.25, -0.2) is 4.39 Å². The number of carboxylic acids is 1. The minimum absolute atomic E-state index is 0.0467. The average molecular weight is 278 g/mol. The summed E-state index contributed by atoms with van der Waals surface area (Å²) in [4.78, 5) is 23.8. The second-order valence-electron chi connectivity index (χ2n) is 4.14. The van der Waals surface area contributed by atoms with Gasteiger partial charge < -0.3 is 9.84 Å². The Morgan fingerprint density at radius 3 is 2.45 bits per heavy atom. The number of carboxylic acid groups (broad SMARTS) is 1. The molecule has 1 aromatic rings. The van der Waals surface area contributed by atoms with E-state index >= 15 is 0 Å². The van der Waals surface area contributed by atoms with Crippen LogP contribution >= 0.6 is 0 Å². The third kappa shape index (κ3) is 2.97. The van der Waals surface area contributed by atoms with Crippen LogP contribution in [0.4, 0.5) is 4.39 Å². The van der Waals surface area contributed by atoms with Crippen molar-refractivity contribution in [2.75, 3.05) is 6.61 Å². The molecule has 0 saturated heterocycles. The molecule has 1 unspecified atom stereocenters. The number of aliphatic carboxylic acids is 1. The van der Waals surface area contributed by atoms with Crippen LogP contribution in [-0.4, -0.2) is 23.7 Å². The first-order valence-electron chi connectivity index (χ1n) is 6.09. The van der Waals surface area contributed by atoms with Gasteiger partial charge in [0.05, 0.1) is 6.61 Å². The summed E-state index contributed by atoms with van der Waals surface area (Å²) in [5.74, 6) is -0.466. The van der Waals surface area contributed by atoms with Crippen molar-refractivity contribution in [2.45, 2.75) is 25.2 Å². The molecular formula is C15H15FO4. The van der Waals surface area contributed by atoms with Gasteiger partial charge in [0.25, 0.3) is 0 Å². The first kappa shape index (κ1) is 15.7. The lowest BCUT2D eigenvalue weighted by atomic mass is 9.76. The van der Waals surface area contributed by atoms with Gasteiger partial charge in [0.2, 0.25) is 0 Å². The van der Waals surface area contributed by atoms with Crippen LogP contribution < -0.4 is 0 Å². The van der Waals surface area contributed by atoms with E-state index in [1.54, 1.807) is 6.92 Å². The van der Waals surface area contributed by atoms with Gasteiger partial charge in [0, 0.05) is 6.42 Å². The predicted molar refractivity (Wildman–Crippen MR) is 70.4 cm³/mol. The molecule has 0 aliphatic heterocycles. The van der Waals surface area contributed by atoms with Gasteiger partial charge in [-0.05, 0) is 31.0 Å². The molecule has 0 bridgehead atoms. The number of hydrogen-bond acceptors (Lipinski definition) is 3. The molecule has 1 N–H and O–H groups in total. The van der Waals surface area contributed by atoms with Crippen LogP contribution in [0.1, 0.15) is 25.3 Å². The average Bonchev–Trinajstić information content (AvgIpc) is 2.41. The molecule has 0 amide bonds. The Balaban J connectivity index is 3.36. The van der Waals surface area contributed by atoms with E-state index in [4.69, 9.17) is 11.2 Å². The van der Waals surface area contributed by atoms with Crippen LogP contribution in [0.2, 0.25) is 0 Å². The SMILES string of the molecule is C#CCCC(C(=O)O)(C(=O)OCC)c1ccc(F)cc1. The Morgan fingerprint density at radius 1 is 1.40 bits per heavy atom. The first-order chi connectivity index (χ1) is 9.48. The van der Waals surface area contributed by atoms with Crippen molar-refractivity contribution in [1.29, 1.82) is 0 Å². The van der Waals surface area contributed by atoms with E-state index in [-0.39, 0.29) is 25.0 Å². The van der Waals surface area contributed by atoms with Crippen LogP contribution in [0.3, 0.4) is 0 Å². The Kier molecular flexibility index (Phi) is 5.27. The van der Waals surface area contributed by atoms with Gasteiger partial charge in [-0.15, -0.1) is 12.3 Å². The summed E-state index contributed by atoms with van der Waals surface area (Å²) in [6, 6.07) is 4.72. The fourth-order valence-corrected chi connectivity index (χ4v) is 1.93. The number of benzene rings is 1. The minimum atomic E-state index is -1.91. The fraction of sp³-hybridized carbons (Fsp3) is 0.333. The smallest absolute Gasteiger partial charge is 0.328 e. The molecule has 0 heterocycles. The summed E-state index contributed by atoms with van der Waals surface area (Å²) in [6.45, 7) is 1.63. The van der Waals surface area contributed by atoms with Crippen molar-refractivity contribution in [1.82, 2.24) is 0 Å². The second kappa shape index (κ2) is 6.71. The van der Waals surface area contributed by atoms with Crippen LogP contribution in [0, 0.1) is 18.2 Å². The number of rotatable bonds is 6. The number of terminal acetylenes is 1. The molecule has 1 rings (SSSR count). The van der Waals surface area contributed by atoms with E-state index < -0.39 is 23.2 Å². The summed E-state index contributed by atoms with van der Waals surface area (Å²) < 4.78 is 17.8. The fourth-order valence-electron chi connectivity index (χ4n) is 1.93. The molecule has 106 valence electrons. The highest BCUT2D eigenvalue weighted by Crippen LogP contribution is 2.32. The number of hydrogen-bond donors (Lipinski definition) is 1. The van der Waals surface area contributed by atoms with Crippen molar-refractivity contribution < 1.29 is 23.8 Å². The van der Waals surface area contributed by atoms with Crippen molar-refractivity contribution >= 4 is 11.9 Å². The largest absolute Gasteiger partial charge is 0.480 e. The number of carbonyl (C=O) groups is 2. The van der Waals surface area contributed by atoms with Crippen molar-refractivity contribution in [3.8, 4) is 12.3 Å². The molecule has 0 spiro atoms. The number of esters is 1. The van der Waals surface area contributed by atoms with E-state index in [2.05, 4.69) is 5.92 Å². The zero-order valence-electron chi connectivity index (χ0n) is 11.1.